The van der Waals surface area contributed by atoms with E-state index in [2.05, 4.69) is 5.32 Å². The smallest absolute Gasteiger partial charge is 0.252 e. The minimum Gasteiger partial charge on any atom is -0.356 e. The Morgan fingerprint density at radius 2 is 2.04 bits per heavy atom. The lowest BCUT2D eigenvalue weighted by Gasteiger charge is -2.25. The molecule has 6 nitrogen and oxygen atoms in total. The van der Waals surface area contributed by atoms with E-state index >= 15 is 0 Å². The van der Waals surface area contributed by atoms with Gasteiger partial charge in [-0.1, -0.05) is 20.3 Å². The van der Waals surface area contributed by atoms with E-state index in [4.69, 9.17) is 5.73 Å². The maximum atomic E-state index is 12.5. The van der Waals surface area contributed by atoms with Crippen LogP contribution in [0.3, 0.4) is 0 Å². The number of carbonyl (C=O) groups excluding carboxylic acids is 1. The van der Waals surface area contributed by atoms with Gasteiger partial charge in [0.1, 0.15) is 4.21 Å². The zero-order valence-electron chi connectivity index (χ0n) is 15.0. The zero-order chi connectivity index (χ0) is 18.4. The summed E-state index contributed by atoms with van der Waals surface area (Å²) in [6.07, 6.45) is 4.32. The number of nitrogens with zero attached hydrogens (tertiary/aromatic N) is 1. The van der Waals surface area contributed by atoms with Gasteiger partial charge in [-0.05, 0) is 37.8 Å². The van der Waals surface area contributed by atoms with Crippen molar-refractivity contribution in [1.29, 1.82) is 0 Å². The number of nitrogens with two attached hydrogens (primary N) is 1. The van der Waals surface area contributed by atoms with Crippen LogP contribution in [0.1, 0.15) is 44.4 Å². The summed E-state index contributed by atoms with van der Waals surface area (Å²) < 4.78 is 26.8. The molecule has 0 aliphatic heterocycles. The molecule has 1 aliphatic rings. The first-order valence-corrected chi connectivity index (χ1v) is 11.3. The van der Waals surface area contributed by atoms with Gasteiger partial charge in [-0.3, -0.25) is 4.79 Å². The van der Waals surface area contributed by atoms with Crippen molar-refractivity contribution < 1.29 is 13.2 Å². The van der Waals surface area contributed by atoms with Crippen molar-refractivity contribution in [2.24, 2.45) is 11.7 Å². The van der Waals surface area contributed by atoms with Gasteiger partial charge in [-0.25, -0.2) is 8.42 Å². The van der Waals surface area contributed by atoms with E-state index in [1.54, 1.807) is 6.07 Å². The van der Waals surface area contributed by atoms with E-state index in [9.17, 15) is 13.2 Å². The van der Waals surface area contributed by atoms with Crippen molar-refractivity contribution in [3.05, 3.63) is 17.0 Å². The van der Waals surface area contributed by atoms with E-state index in [-0.39, 0.29) is 17.9 Å². The van der Waals surface area contributed by atoms with Crippen LogP contribution >= 0.6 is 11.3 Å². The first-order chi connectivity index (χ1) is 11.9. The summed E-state index contributed by atoms with van der Waals surface area (Å²) in [5.41, 5.74) is 5.93. The molecule has 0 aromatic carbocycles. The average molecular weight is 388 g/mol. The number of rotatable bonds is 8. The summed E-state index contributed by atoms with van der Waals surface area (Å²) >= 11 is 1.29. The molecule has 0 radical (unpaired) electrons. The van der Waals surface area contributed by atoms with Crippen molar-refractivity contribution in [1.82, 2.24) is 9.62 Å². The van der Waals surface area contributed by atoms with Gasteiger partial charge in [-0.15, -0.1) is 11.3 Å². The highest BCUT2D eigenvalue weighted by Crippen LogP contribution is 2.25. The lowest BCUT2D eigenvalue weighted by atomic mass is 9.85. The highest BCUT2D eigenvalue weighted by Gasteiger charge is 2.25. The van der Waals surface area contributed by atoms with Crippen LogP contribution < -0.4 is 11.1 Å². The van der Waals surface area contributed by atoms with Gasteiger partial charge >= 0.3 is 0 Å². The summed E-state index contributed by atoms with van der Waals surface area (Å²) in [7, 11) is -3.39. The predicted molar refractivity (Wildman–Crippen MR) is 101 cm³/mol. The number of hydrogen-bond donors (Lipinski definition) is 2. The van der Waals surface area contributed by atoms with Crippen LogP contribution in [-0.4, -0.2) is 44.3 Å². The lowest BCUT2D eigenvalue weighted by molar-refractivity contribution is -0.126. The summed E-state index contributed by atoms with van der Waals surface area (Å²) in [5.74, 6) is 0.0911. The Bertz CT molecular complexity index is 668. The molecule has 0 bridgehead atoms. The van der Waals surface area contributed by atoms with Crippen molar-refractivity contribution in [3.8, 4) is 0 Å². The van der Waals surface area contributed by atoms with Crippen LogP contribution in [-0.2, 0) is 21.2 Å². The Morgan fingerprint density at radius 3 is 2.68 bits per heavy atom. The van der Waals surface area contributed by atoms with Crippen LogP contribution in [0.2, 0.25) is 0 Å². The quantitative estimate of drug-likeness (QED) is 0.713. The maximum absolute atomic E-state index is 12.5. The molecule has 1 amide bonds. The van der Waals surface area contributed by atoms with Crippen molar-refractivity contribution in [2.75, 3.05) is 19.6 Å². The third kappa shape index (κ3) is 5.26. The summed E-state index contributed by atoms with van der Waals surface area (Å²) in [6, 6.07) is 3.63. The number of amides is 1. The number of carbonyl (C=O) groups is 1. The first-order valence-electron chi connectivity index (χ1n) is 9.00. The van der Waals surface area contributed by atoms with Gasteiger partial charge in [0, 0.05) is 36.5 Å². The Hall–Kier alpha value is -0.960. The highest BCUT2D eigenvalue weighted by atomic mass is 32.2. The molecule has 2 atom stereocenters. The van der Waals surface area contributed by atoms with E-state index in [0.29, 0.717) is 30.3 Å². The number of sulfonamides is 1. The highest BCUT2D eigenvalue weighted by molar-refractivity contribution is 7.91. The third-order valence-corrected chi connectivity index (χ3v) is 8.36. The molecule has 1 aliphatic carbocycles. The Morgan fingerprint density at radius 1 is 1.32 bits per heavy atom. The molecule has 142 valence electrons. The molecule has 0 spiro atoms. The fraction of sp³-hybridized carbons (Fsp3) is 0.706. The van der Waals surface area contributed by atoms with Gasteiger partial charge in [0.25, 0.3) is 10.0 Å². The largest absolute Gasteiger partial charge is 0.356 e. The van der Waals surface area contributed by atoms with Crippen LogP contribution in [0, 0.1) is 5.92 Å². The SMILES string of the molecule is CCN(CC)S(=O)(=O)c1ccc(CCNC(=O)C2CCCC(N)C2)s1. The molecule has 1 heterocycles. The zero-order valence-corrected chi connectivity index (χ0v) is 16.7. The van der Waals surface area contributed by atoms with E-state index in [0.717, 1.165) is 30.6 Å². The monoisotopic (exact) mass is 387 g/mol. The second-order valence-electron chi connectivity index (χ2n) is 6.47. The van der Waals surface area contributed by atoms with Gasteiger partial charge < -0.3 is 11.1 Å². The third-order valence-electron chi connectivity index (χ3n) is 4.69. The normalized spacial score (nSPS) is 21.4. The van der Waals surface area contributed by atoms with Crippen molar-refractivity contribution >= 4 is 27.3 Å². The summed E-state index contributed by atoms with van der Waals surface area (Å²) in [6.45, 7) is 5.12. The fourth-order valence-electron chi connectivity index (χ4n) is 3.24. The molecule has 1 aromatic rings. The van der Waals surface area contributed by atoms with Gasteiger partial charge in [0.2, 0.25) is 5.91 Å². The van der Waals surface area contributed by atoms with Crippen LogP contribution in [0.15, 0.2) is 16.3 Å². The molecule has 3 N–H and O–H groups in total. The minimum atomic E-state index is -3.39. The van der Waals surface area contributed by atoms with E-state index < -0.39 is 10.0 Å². The lowest BCUT2D eigenvalue weighted by Crippen LogP contribution is -2.38. The molecule has 25 heavy (non-hydrogen) atoms. The number of nitrogens with one attached hydrogen (secondary N) is 1. The van der Waals surface area contributed by atoms with Crippen molar-refractivity contribution in [2.45, 2.75) is 56.2 Å². The topological polar surface area (TPSA) is 92.5 Å². The molecular formula is C17H29N3O3S2. The minimum absolute atomic E-state index is 0.0192. The molecule has 2 rings (SSSR count). The molecule has 1 aromatic heterocycles. The summed E-state index contributed by atoms with van der Waals surface area (Å²) in [5, 5.41) is 2.97. The predicted octanol–water partition coefficient (Wildman–Crippen LogP) is 1.95. The van der Waals surface area contributed by atoms with Gasteiger partial charge in [-0.2, -0.15) is 4.31 Å². The Balaban J connectivity index is 1.86. The summed E-state index contributed by atoms with van der Waals surface area (Å²) in [4.78, 5) is 13.2. The Kier molecular flexibility index (Phi) is 7.42. The number of hydrogen-bond acceptors (Lipinski definition) is 5. The standard InChI is InChI=1S/C17H29N3O3S2/c1-3-20(4-2)25(22,23)16-9-8-15(24-16)10-11-19-17(21)13-6-5-7-14(18)12-13/h8-9,13-14H,3-7,10-12,18H2,1-2H3,(H,19,21). The number of thiophene rings is 1. The Labute approximate surface area is 154 Å². The second kappa shape index (κ2) is 9.12. The molecular weight excluding hydrogens is 358 g/mol. The second-order valence-corrected chi connectivity index (χ2v) is 9.81. The van der Waals surface area contributed by atoms with Crippen molar-refractivity contribution in [3.63, 3.8) is 0 Å². The molecule has 1 fully saturated rings. The van der Waals surface area contributed by atoms with Crippen LogP contribution in [0.25, 0.3) is 0 Å². The van der Waals surface area contributed by atoms with Crippen LogP contribution in [0.4, 0.5) is 0 Å². The molecule has 1 saturated carbocycles. The first kappa shape index (κ1) is 20.4. The van der Waals surface area contributed by atoms with Crippen LogP contribution in [0.5, 0.6) is 0 Å². The van der Waals surface area contributed by atoms with E-state index in [1.807, 2.05) is 19.9 Å². The molecule has 2 unspecified atom stereocenters. The van der Waals surface area contributed by atoms with Gasteiger partial charge in [0.15, 0.2) is 0 Å². The van der Waals surface area contributed by atoms with E-state index in [1.165, 1.54) is 15.6 Å². The van der Waals surface area contributed by atoms with Gasteiger partial charge in [0.05, 0.1) is 0 Å². The average Bonchev–Trinajstić information content (AvgIpc) is 3.05. The fourth-order valence-corrected chi connectivity index (χ4v) is 6.21. The molecule has 8 heteroatoms. The maximum Gasteiger partial charge on any atom is 0.252 e. The molecule has 0 saturated heterocycles.